The van der Waals surface area contributed by atoms with Crippen molar-refractivity contribution in [2.24, 2.45) is 0 Å². The molecule has 1 amide bonds. The highest BCUT2D eigenvalue weighted by atomic mass is 35.5. The number of amides is 1. The SMILES string of the molecule is Cc1c([N+](=O)[O-])ccc(=O)n1C(C)C(=O)Nc1ccccc1Cl. The highest BCUT2D eigenvalue weighted by Gasteiger charge is 2.23. The van der Waals surface area contributed by atoms with Crippen LogP contribution < -0.4 is 10.9 Å². The van der Waals surface area contributed by atoms with Crippen molar-refractivity contribution in [3.63, 3.8) is 0 Å². The number of hydrogen-bond donors (Lipinski definition) is 1. The number of benzene rings is 1. The van der Waals surface area contributed by atoms with Crippen molar-refractivity contribution in [2.75, 3.05) is 5.32 Å². The van der Waals surface area contributed by atoms with E-state index in [1.165, 1.54) is 13.8 Å². The van der Waals surface area contributed by atoms with E-state index in [2.05, 4.69) is 5.32 Å². The van der Waals surface area contributed by atoms with Crippen molar-refractivity contribution in [1.82, 2.24) is 4.57 Å². The number of carbonyl (C=O) groups excluding carboxylic acids is 1. The highest BCUT2D eigenvalue weighted by Crippen LogP contribution is 2.23. The predicted molar refractivity (Wildman–Crippen MR) is 86.9 cm³/mol. The Bertz CT molecular complexity index is 832. The number of carbonyl (C=O) groups is 1. The molecule has 1 aromatic heterocycles. The molecule has 0 aliphatic heterocycles. The lowest BCUT2D eigenvalue weighted by molar-refractivity contribution is -0.386. The Balaban J connectivity index is 2.37. The van der Waals surface area contributed by atoms with E-state index in [-0.39, 0.29) is 11.4 Å². The number of pyridine rings is 1. The van der Waals surface area contributed by atoms with Gasteiger partial charge in [-0.3, -0.25) is 24.3 Å². The first-order chi connectivity index (χ1) is 10.8. The number of halogens is 1. The molecule has 1 aromatic carbocycles. The summed E-state index contributed by atoms with van der Waals surface area (Å²) in [7, 11) is 0. The third kappa shape index (κ3) is 3.40. The standard InChI is InChI=1S/C15H14ClN3O4/c1-9-13(19(22)23)7-8-14(20)18(9)10(2)15(21)17-12-6-4-3-5-11(12)16/h3-8,10H,1-2H3,(H,17,21). The van der Waals surface area contributed by atoms with Crippen LogP contribution in [0.1, 0.15) is 18.7 Å². The highest BCUT2D eigenvalue weighted by molar-refractivity contribution is 6.33. The third-order valence-electron chi connectivity index (χ3n) is 3.45. The Kier molecular flexibility index (Phi) is 4.80. The fraction of sp³-hybridized carbons (Fsp3) is 0.200. The quantitative estimate of drug-likeness (QED) is 0.686. The maximum Gasteiger partial charge on any atom is 0.288 e. The van der Waals surface area contributed by atoms with Gasteiger partial charge >= 0.3 is 0 Å². The van der Waals surface area contributed by atoms with E-state index < -0.39 is 22.4 Å². The molecule has 0 spiro atoms. The summed E-state index contributed by atoms with van der Waals surface area (Å²) in [5.74, 6) is -0.496. The Morgan fingerprint density at radius 1 is 1.30 bits per heavy atom. The molecule has 0 aliphatic carbocycles. The van der Waals surface area contributed by atoms with Gasteiger partial charge in [0, 0.05) is 12.1 Å². The first-order valence-electron chi connectivity index (χ1n) is 6.75. The zero-order chi connectivity index (χ0) is 17.1. The van der Waals surface area contributed by atoms with Gasteiger partial charge in [0.05, 0.1) is 21.3 Å². The molecule has 1 atom stereocenters. The van der Waals surface area contributed by atoms with Crippen LogP contribution in [0.5, 0.6) is 0 Å². The van der Waals surface area contributed by atoms with Crippen molar-refractivity contribution in [3.8, 4) is 0 Å². The Hall–Kier alpha value is -2.67. The topological polar surface area (TPSA) is 94.2 Å². The van der Waals surface area contributed by atoms with Crippen molar-refractivity contribution >= 4 is 28.9 Å². The summed E-state index contributed by atoms with van der Waals surface area (Å²) >= 11 is 5.98. The number of nitrogens with zero attached hydrogens (tertiary/aromatic N) is 2. The van der Waals surface area contributed by atoms with Gasteiger partial charge in [-0.15, -0.1) is 0 Å². The normalized spacial score (nSPS) is 11.8. The van der Waals surface area contributed by atoms with Gasteiger partial charge in [0.1, 0.15) is 6.04 Å². The average Bonchev–Trinajstić information content (AvgIpc) is 2.49. The van der Waals surface area contributed by atoms with Crippen LogP contribution in [0.25, 0.3) is 0 Å². The summed E-state index contributed by atoms with van der Waals surface area (Å²) in [5, 5.41) is 14.0. The smallest absolute Gasteiger partial charge is 0.288 e. The number of anilines is 1. The van der Waals surface area contributed by atoms with Crippen LogP contribution in [-0.4, -0.2) is 15.4 Å². The van der Waals surface area contributed by atoms with Crippen LogP contribution in [0.4, 0.5) is 11.4 Å². The van der Waals surface area contributed by atoms with Crippen LogP contribution >= 0.6 is 11.6 Å². The maximum atomic E-state index is 12.4. The van der Waals surface area contributed by atoms with Crippen LogP contribution in [0, 0.1) is 17.0 Å². The zero-order valence-electron chi connectivity index (χ0n) is 12.4. The maximum absolute atomic E-state index is 12.4. The van der Waals surface area contributed by atoms with Gasteiger partial charge in [-0.1, -0.05) is 23.7 Å². The molecule has 0 saturated carbocycles. The third-order valence-corrected chi connectivity index (χ3v) is 3.78. The fourth-order valence-electron chi connectivity index (χ4n) is 2.23. The summed E-state index contributed by atoms with van der Waals surface area (Å²) in [5.41, 5.74) is -0.191. The van der Waals surface area contributed by atoms with E-state index >= 15 is 0 Å². The molecule has 1 heterocycles. The molecule has 0 saturated heterocycles. The van der Waals surface area contributed by atoms with Gasteiger partial charge in [0.25, 0.3) is 11.2 Å². The Morgan fingerprint density at radius 2 is 1.96 bits per heavy atom. The van der Waals surface area contributed by atoms with Gasteiger partial charge < -0.3 is 5.32 Å². The molecule has 120 valence electrons. The lowest BCUT2D eigenvalue weighted by Gasteiger charge is -2.18. The molecule has 1 unspecified atom stereocenters. The van der Waals surface area contributed by atoms with Crippen molar-refractivity contribution in [3.05, 3.63) is 67.6 Å². The molecule has 8 heteroatoms. The molecule has 1 N–H and O–H groups in total. The van der Waals surface area contributed by atoms with Crippen molar-refractivity contribution < 1.29 is 9.72 Å². The van der Waals surface area contributed by atoms with Crippen LogP contribution in [0.3, 0.4) is 0 Å². The number of nitrogens with one attached hydrogen (secondary N) is 1. The first kappa shape index (κ1) is 16.7. The van der Waals surface area contributed by atoms with E-state index in [0.717, 1.165) is 16.7 Å². The Labute approximate surface area is 136 Å². The number of aromatic nitrogens is 1. The molecule has 0 radical (unpaired) electrons. The number of hydrogen-bond acceptors (Lipinski definition) is 4. The van der Waals surface area contributed by atoms with Gasteiger partial charge in [0.2, 0.25) is 5.91 Å². The van der Waals surface area contributed by atoms with Gasteiger partial charge in [-0.25, -0.2) is 0 Å². The molecule has 0 bridgehead atoms. The summed E-state index contributed by atoms with van der Waals surface area (Å²) in [6, 6.07) is 7.94. The van der Waals surface area contributed by atoms with E-state index in [9.17, 15) is 19.7 Å². The van der Waals surface area contributed by atoms with E-state index in [4.69, 9.17) is 11.6 Å². The van der Waals surface area contributed by atoms with Crippen LogP contribution in [0.2, 0.25) is 5.02 Å². The molecular weight excluding hydrogens is 322 g/mol. The summed E-state index contributed by atoms with van der Waals surface area (Å²) < 4.78 is 1.09. The van der Waals surface area contributed by atoms with E-state index in [0.29, 0.717) is 10.7 Å². The molecular formula is C15H14ClN3O4. The average molecular weight is 336 g/mol. The predicted octanol–water partition coefficient (Wildman–Crippen LogP) is 2.92. The molecule has 2 aromatic rings. The fourth-order valence-corrected chi connectivity index (χ4v) is 2.41. The molecule has 23 heavy (non-hydrogen) atoms. The van der Waals surface area contributed by atoms with Gasteiger partial charge in [-0.2, -0.15) is 0 Å². The minimum atomic E-state index is -0.932. The number of para-hydroxylation sites is 1. The van der Waals surface area contributed by atoms with Gasteiger partial charge in [0.15, 0.2) is 0 Å². The first-order valence-corrected chi connectivity index (χ1v) is 7.12. The van der Waals surface area contributed by atoms with Crippen LogP contribution in [0.15, 0.2) is 41.2 Å². The second-order valence-electron chi connectivity index (χ2n) is 4.91. The number of nitro groups is 1. The van der Waals surface area contributed by atoms with Crippen LogP contribution in [-0.2, 0) is 4.79 Å². The Morgan fingerprint density at radius 3 is 2.57 bits per heavy atom. The van der Waals surface area contributed by atoms with Crippen molar-refractivity contribution in [1.29, 1.82) is 0 Å². The second kappa shape index (κ2) is 6.62. The minimum Gasteiger partial charge on any atom is -0.323 e. The monoisotopic (exact) mass is 335 g/mol. The lowest BCUT2D eigenvalue weighted by atomic mass is 10.2. The second-order valence-corrected chi connectivity index (χ2v) is 5.32. The molecule has 7 nitrogen and oxygen atoms in total. The summed E-state index contributed by atoms with van der Waals surface area (Å²) in [6.07, 6.45) is 0. The minimum absolute atomic E-state index is 0.115. The number of rotatable bonds is 4. The summed E-state index contributed by atoms with van der Waals surface area (Å²) in [6.45, 7) is 2.92. The van der Waals surface area contributed by atoms with Gasteiger partial charge in [-0.05, 0) is 26.0 Å². The van der Waals surface area contributed by atoms with E-state index in [1.807, 2.05) is 0 Å². The summed E-state index contributed by atoms with van der Waals surface area (Å²) in [4.78, 5) is 34.8. The zero-order valence-corrected chi connectivity index (χ0v) is 13.2. The van der Waals surface area contributed by atoms with E-state index in [1.54, 1.807) is 24.3 Å². The lowest BCUT2D eigenvalue weighted by Crippen LogP contribution is -2.33. The largest absolute Gasteiger partial charge is 0.323 e. The molecule has 2 rings (SSSR count). The van der Waals surface area contributed by atoms with Crippen molar-refractivity contribution in [2.45, 2.75) is 19.9 Å². The molecule has 0 aliphatic rings. The molecule has 0 fully saturated rings.